The lowest BCUT2D eigenvalue weighted by Gasteiger charge is -2.28. The molecule has 0 spiro atoms. The van der Waals surface area contributed by atoms with E-state index in [0.717, 1.165) is 30.5 Å². The van der Waals surface area contributed by atoms with Crippen LogP contribution in [0.3, 0.4) is 0 Å². The number of rotatable bonds is 7. The molecule has 1 amide bonds. The van der Waals surface area contributed by atoms with Crippen LogP contribution < -0.4 is 21.0 Å². The van der Waals surface area contributed by atoms with Crippen LogP contribution in [0.2, 0.25) is 0 Å². The predicted octanol–water partition coefficient (Wildman–Crippen LogP) is 3.67. The first-order valence-electron chi connectivity index (χ1n) is 10.3. The first-order chi connectivity index (χ1) is 16.0. The zero-order valence-electron chi connectivity index (χ0n) is 17.6. The molecule has 172 valence electrons. The number of morpholine rings is 1. The van der Waals surface area contributed by atoms with Crippen LogP contribution in [0, 0.1) is 11.6 Å². The van der Waals surface area contributed by atoms with Crippen LogP contribution in [-0.4, -0.2) is 42.4 Å². The third kappa shape index (κ3) is 5.73. The number of nitrogens with zero attached hydrogens (tertiary/aromatic N) is 2. The Morgan fingerprint density at radius 3 is 2.42 bits per heavy atom. The molecule has 0 atom stereocenters. The van der Waals surface area contributed by atoms with Gasteiger partial charge in [0.15, 0.2) is 0 Å². The van der Waals surface area contributed by atoms with Gasteiger partial charge < -0.3 is 20.3 Å². The maximum absolute atomic E-state index is 13.5. The van der Waals surface area contributed by atoms with Crippen molar-refractivity contribution in [3.05, 3.63) is 77.5 Å². The number of hydrogen-bond acceptors (Lipinski definition) is 7. The normalized spacial score (nSPS) is 13.5. The number of halogens is 2. The first-order valence-corrected chi connectivity index (χ1v) is 10.3. The Labute approximate surface area is 189 Å². The SMILES string of the molecule is O=C(NO)c1cnc(Nc2ccc(N3CCOCC3)cc2)cc1NCc1cc(F)cc(F)c1. The largest absolute Gasteiger partial charge is 0.380 e. The van der Waals surface area contributed by atoms with E-state index in [1.54, 1.807) is 11.5 Å². The summed E-state index contributed by atoms with van der Waals surface area (Å²) in [7, 11) is 0. The van der Waals surface area contributed by atoms with Crippen molar-refractivity contribution in [2.24, 2.45) is 0 Å². The second-order valence-electron chi connectivity index (χ2n) is 7.46. The van der Waals surface area contributed by atoms with Crippen LogP contribution in [0.1, 0.15) is 15.9 Å². The number of pyridine rings is 1. The number of aromatic nitrogens is 1. The van der Waals surface area contributed by atoms with Gasteiger partial charge in [0.1, 0.15) is 17.5 Å². The van der Waals surface area contributed by atoms with Gasteiger partial charge in [0, 0.05) is 49.3 Å². The van der Waals surface area contributed by atoms with Crippen LogP contribution in [0.5, 0.6) is 0 Å². The minimum Gasteiger partial charge on any atom is -0.380 e. The van der Waals surface area contributed by atoms with E-state index in [1.165, 1.54) is 18.3 Å². The monoisotopic (exact) mass is 455 g/mol. The zero-order valence-corrected chi connectivity index (χ0v) is 17.6. The van der Waals surface area contributed by atoms with E-state index in [1.807, 2.05) is 24.3 Å². The number of carbonyl (C=O) groups excluding carboxylic acids is 1. The van der Waals surface area contributed by atoms with Crippen molar-refractivity contribution in [3.63, 3.8) is 0 Å². The number of anilines is 4. The molecule has 2 aromatic carbocycles. The molecule has 1 fully saturated rings. The van der Waals surface area contributed by atoms with E-state index < -0.39 is 17.5 Å². The lowest BCUT2D eigenvalue weighted by Crippen LogP contribution is -2.36. The van der Waals surface area contributed by atoms with Gasteiger partial charge in [-0.05, 0) is 42.0 Å². The summed E-state index contributed by atoms with van der Waals surface area (Å²) in [6.07, 6.45) is 1.30. The van der Waals surface area contributed by atoms with Crippen LogP contribution in [0.25, 0.3) is 0 Å². The van der Waals surface area contributed by atoms with Crippen molar-refractivity contribution in [3.8, 4) is 0 Å². The summed E-state index contributed by atoms with van der Waals surface area (Å²) in [6.45, 7) is 3.14. The standard InChI is InChI=1S/C23H23F2N5O3/c24-16-9-15(10-17(25)11-16)13-26-21-12-22(27-14-20(21)23(31)29-32)28-18-1-3-19(4-2-18)30-5-7-33-8-6-30/h1-4,9-12,14,32H,5-8,13H2,(H,29,31)(H2,26,27,28). The minimum absolute atomic E-state index is 0.0537. The van der Waals surface area contributed by atoms with Gasteiger partial charge in [0.05, 0.1) is 24.5 Å². The molecule has 4 N–H and O–H groups in total. The van der Waals surface area contributed by atoms with Crippen molar-refractivity contribution in [1.29, 1.82) is 0 Å². The number of benzene rings is 2. The van der Waals surface area contributed by atoms with Crippen molar-refractivity contribution in [2.75, 3.05) is 41.8 Å². The van der Waals surface area contributed by atoms with E-state index in [4.69, 9.17) is 9.94 Å². The number of ether oxygens (including phenoxy) is 1. The molecule has 0 saturated carbocycles. The lowest BCUT2D eigenvalue weighted by atomic mass is 10.1. The smallest absolute Gasteiger partial charge is 0.278 e. The second-order valence-corrected chi connectivity index (χ2v) is 7.46. The number of carbonyl (C=O) groups is 1. The Morgan fingerprint density at radius 1 is 1.06 bits per heavy atom. The summed E-state index contributed by atoms with van der Waals surface area (Å²) < 4.78 is 32.3. The molecular weight excluding hydrogens is 432 g/mol. The van der Waals surface area contributed by atoms with Gasteiger partial charge in [0.25, 0.3) is 5.91 Å². The first kappa shape index (κ1) is 22.4. The molecule has 8 nitrogen and oxygen atoms in total. The maximum atomic E-state index is 13.5. The molecule has 4 rings (SSSR count). The molecule has 33 heavy (non-hydrogen) atoms. The third-order valence-electron chi connectivity index (χ3n) is 5.17. The molecule has 3 aromatic rings. The molecule has 0 unspecified atom stereocenters. The summed E-state index contributed by atoms with van der Waals surface area (Å²) in [5, 5.41) is 15.2. The highest BCUT2D eigenvalue weighted by atomic mass is 19.1. The van der Waals surface area contributed by atoms with Crippen molar-refractivity contribution < 1.29 is 23.5 Å². The highest BCUT2D eigenvalue weighted by Gasteiger charge is 2.14. The topological polar surface area (TPSA) is 98.8 Å². The van der Waals surface area contributed by atoms with E-state index >= 15 is 0 Å². The van der Waals surface area contributed by atoms with Gasteiger partial charge in [-0.3, -0.25) is 10.0 Å². The van der Waals surface area contributed by atoms with E-state index in [0.29, 0.717) is 30.3 Å². The fourth-order valence-corrected chi connectivity index (χ4v) is 3.55. The summed E-state index contributed by atoms with van der Waals surface area (Å²) >= 11 is 0. The average Bonchev–Trinajstić information content (AvgIpc) is 2.83. The Balaban J connectivity index is 1.50. The Bertz CT molecular complexity index is 1100. The van der Waals surface area contributed by atoms with Crippen molar-refractivity contribution in [2.45, 2.75) is 6.54 Å². The molecule has 1 aromatic heterocycles. The predicted molar refractivity (Wildman–Crippen MR) is 120 cm³/mol. The maximum Gasteiger partial charge on any atom is 0.278 e. The quantitative estimate of drug-likeness (QED) is 0.319. The summed E-state index contributed by atoms with van der Waals surface area (Å²) in [6, 6.07) is 12.6. The molecule has 1 saturated heterocycles. The third-order valence-corrected chi connectivity index (χ3v) is 5.17. The van der Waals surface area contributed by atoms with Crippen LogP contribution >= 0.6 is 0 Å². The number of hydroxylamine groups is 1. The number of amides is 1. The molecular formula is C23H23F2N5O3. The van der Waals surface area contributed by atoms with Crippen molar-refractivity contribution in [1.82, 2.24) is 10.5 Å². The van der Waals surface area contributed by atoms with E-state index in [9.17, 15) is 13.6 Å². The molecule has 1 aliphatic rings. The molecule has 10 heteroatoms. The number of nitrogens with one attached hydrogen (secondary N) is 3. The van der Waals surface area contributed by atoms with Gasteiger partial charge in [0.2, 0.25) is 0 Å². The van der Waals surface area contributed by atoms with E-state index in [-0.39, 0.29) is 12.1 Å². The molecule has 1 aliphatic heterocycles. The summed E-state index contributed by atoms with van der Waals surface area (Å²) in [4.78, 5) is 18.5. The molecule has 0 radical (unpaired) electrons. The van der Waals surface area contributed by atoms with Gasteiger partial charge in [-0.25, -0.2) is 19.2 Å². The molecule has 2 heterocycles. The van der Waals surface area contributed by atoms with Crippen molar-refractivity contribution >= 4 is 28.8 Å². The molecule has 0 aliphatic carbocycles. The Kier molecular flexibility index (Phi) is 6.96. The number of hydrogen-bond donors (Lipinski definition) is 4. The van der Waals surface area contributed by atoms with Crippen LogP contribution in [0.4, 0.5) is 31.7 Å². The lowest BCUT2D eigenvalue weighted by molar-refractivity contribution is 0.0707. The minimum atomic E-state index is -0.767. The highest BCUT2D eigenvalue weighted by Crippen LogP contribution is 2.25. The fraction of sp³-hybridized carbons (Fsp3) is 0.217. The summed E-state index contributed by atoms with van der Waals surface area (Å²) in [5.74, 6) is -1.72. The average molecular weight is 455 g/mol. The van der Waals surface area contributed by atoms with Crippen LogP contribution in [0.15, 0.2) is 54.7 Å². The van der Waals surface area contributed by atoms with Gasteiger partial charge >= 0.3 is 0 Å². The van der Waals surface area contributed by atoms with Crippen LogP contribution in [-0.2, 0) is 11.3 Å². The fourth-order valence-electron chi connectivity index (χ4n) is 3.55. The van der Waals surface area contributed by atoms with Gasteiger partial charge in [-0.1, -0.05) is 0 Å². The molecule has 0 bridgehead atoms. The highest BCUT2D eigenvalue weighted by molar-refractivity contribution is 5.99. The van der Waals surface area contributed by atoms with E-state index in [2.05, 4.69) is 20.5 Å². The van der Waals surface area contributed by atoms with Gasteiger partial charge in [-0.2, -0.15) is 0 Å². The Hall–Kier alpha value is -3.76. The second kappa shape index (κ2) is 10.2. The van der Waals surface area contributed by atoms with Gasteiger partial charge in [-0.15, -0.1) is 0 Å². The summed E-state index contributed by atoms with van der Waals surface area (Å²) in [5.41, 5.74) is 4.21. The Morgan fingerprint density at radius 2 is 1.76 bits per heavy atom. The zero-order chi connectivity index (χ0) is 23.2.